The number of nitrogens with zero attached hydrogens (tertiary/aromatic N) is 1. The Hall–Kier alpha value is -1.30. The summed E-state index contributed by atoms with van der Waals surface area (Å²) in [6, 6.07) is -0.0518. The molecule has 104 valence electrons. The molecular formula is C12H23N3O3. The fraction of sp³-hybridized carbons (Fsp3) is 0.833. The van der Waals surface area contributed by atoms with Crippen LogP contribution in [0.15, 0.2) is 0 Å². The molecule has 18 heavy (non-hydrogen) atoms. The summed E-state index contributed by atoms with van der Waals surface area (Å²) in [6.45, 7) is 6.68. The fourth-order valence-electron chi connectivity index (χ4n) is 2.03. The van der Waals surface area contributed by atoms with Gasteiger partial charge in [-0.2, -0.15) is 0 Å². The Kier molecular flexibility index (Phi) is 4.95. The number of rotatable bonds is 3. The molecule has 0 bridgehead atoms. The number of amides is 2. The molecule has 1 saturated heterocycles. The minimum absolute atomic E-state index is 0.0518. The lowest BCUT2D eigenvalue weighted by Gasteiger charge is -2.36. The number of alkyl carbamates (subject to hydrolysis) is 1. The van der Waals surface area contributed by atoms with Gasteiger partial charge in [-0.25, -0.2) is 4.79 Å². The SMILES string of the molecule is CCOC(=O)NC1CCCN(C(=O)C(C)(C)N)C1. The standard InChI is InChI=1S/C12H23N3O3/c1-4-18-11(17)14-9-6-5-7-15(8-9)10(16)12(2,3)13/h9H,4-8,13H2,1-3H3,(H,14,17). The van der Waals surface area contributed by atoms with Crippen molar-refractivity contribution in [1.29, 1.82) is 0 Å². The lowest BCUT2D eigenvalue weighted by Crippen LogP contribution is -2.57. The van der Waals surface area contributed by atoms with Crippen LogP contribution in [0.5, 0.6) is 0 Å². The fourth-order valence-corrected chi connectivity index (χ4v) is 2.03. The number of hydrogen-bond acceptors (Lipinski definition) is 4. The van der Waals surface area contributed by atoms with Crippen molar-refractivity contribution in [3.05, 3.63) is 0 Å². The number of nitrogens with two attached hydrogens (primary N) is 1. The van der Waals surface area contributed by atoms with Crippen molar-refractivity contribution in [2.24, 2.45) is 5.73 Å². The van der Waals surface area contributed by atoms with Gasteiger partial charge in [-0.15, -0.1) is 0 Å². The second-order valence-electron chi connectivity index (χ2n) is 5.18. The summed E-state index contributed by atoms with van der Waals surface area (Å²) in [5, 5.41) is 2.76. The zero-order valence-electron chi connectivity index (χ0n) is 11.4. The Labute approximate surface area is 108 Å². The second kappa shape index (κ2) is 6.04. The van der Waals surface area contributed by atoms with Crippen molar-refractivity contribution in [3.8, 4) is 0 Å². The predicted octanol–water partition coefficient (Wildman–Crippen LogP) is 0.461. The molecule has 0 aliphatic carbocycles. The molecule has 6 heteroatoms. The third kappa shape index (κ3) is 4.18. The largest absolute Gasteiger partial charge is 0.450 e. The van der Waals surface area contributed by atoms with Crippen molar-refractivity contribution in [3.63, 3.8) is 0 Å². The number of hydrogen-bond donors (Lipinski definition) is 2. The molecular weight excluding hydrogens is 234 g/mol. The normalized spacial score (nSPS) is 20.4. The lowest BCUT2D eigenvalue weighted by atomic mass is 10.0. The molecule has 1 atom stereocenters. The molecule has 1 aliphatic rings. The van der Waals surface area contributed by atoms with Gasteiger partial charge in [0.15, 0.2) is 0 Å². The summed E-state index contributed by atoms with van der Waals surface area (Å²) >= 11 is 0. The van der Waals surface area contributed by atoms with Crippen molar-refractivity contribution >= 4 is 12.0 Å². The lowest BCUT2D eigenvalue weighted by molar-refractivity contribution is -0.137. The molecule has 0 aromatic heterocycles. The van der Waals surface area contributed by atoms with Crippen molar-refractivity contribution < 1.29 is 14.3 Å². The molecule has 1 heterocycles. The average molecular weight is 257 g/mol. The van der Waals surface area contributed by atoms with E-state index in [0.29, 0.717) is 19.7 Å². The Bertz CT molecular complexity index is 312. The van der Waals surface area contributed by atoms with E-state index in [1.165, 1.54) is 0 Å². The van der Waals surface area contributed by atoms with E-state index in [2.05, 4.69) is 5.32 Å². The van der Waals surface area contributed by atoms with Gasteiger partial charge in [-0.1, -0.05) is 0 Å². The van der Waals surface area contributed by atoms with Gasteiger partial charge >= 0.3 is 6.09 Å². The monoisotopic (exact) mass is 257 g/mol. The van der Waals surface area contributed by atoms with Gasteiger partial charge in [0.2, 0.25) is 5.91 Å². The zero-order valence-corrected chi connectivity index (χ0v) is 11.4. The number of ether oxygens (including phenoxy) is 1. The Morgan fingerprint density at radius 3 is 2.72 bits per heavy atom. The first-order valence-corrected chi connectivity index (χ1v) is 6.36. The maximum absolute atomic E-state index is 12.0. The van der Waals surface area contributed by atoms with E-state index >= 15 is 0 Å². The molecule has 1 fully saturated rings. The predicted molar refractivity (Wildman–Crippen MR) is 68.0 cm³/mol. The summed E-state index contributed by atoms with van der Waals surface area (Å²) in [5.74, 6) is -0.0853. The third-order valence-corrected chi connectivity index (χ3v) is 2.86. The van der Waals surface area contributed by atoms with E-state index in [4.69, 9.17) is 10.5 Å². The van der Waals surface area contributed by atoms with Crippen LogP contribution in [0.25, 0.3) is 0 Å². The van der Waals surface area contributed by atoms with E-state index in [9.17, 15) is 9.59 Å². The average Bonchev–Trinajstić information content (AvgIpc) is 2.27. The molecule has 3 N–H and O–H groups in total. The van der Waals surface area contributed by atoms with Gasteiger partial charge in [0.25, 0.3) is 0 Å². The number of piperidine rings is 1. The van der Waals surface area contributed by atoms with Gasteiger partial charge < -0.3 is 20.7 Å². The molecule has 2 amide bonds. The molecule has 0 aromatic rings. The minimum Gasteiger partial charge on any atom is -0.450 e. The van der Waals surface area contributed by atoms with Gasteiger partial charge in [0.1, 0.15) is 0 Å². The minimum atomic E-state index is -0.869. The number of likely N-dealkylation sites (tertiary alicyclic amines) is 1. The van der Waals surface area contributed by atoms with Crippen LogP contribution in [0.3, 0.4) is 0 Å². The van der Waals surface area contributed by atoms with E-state index in [1.54, 1.807) is 25.7 Å². The van der Waals surface area contributed by atoms with Gasteiger partial charge in [-0.05, 0) is 33.6 Å². The van der Waals surface area contributed by atoms with Crippen LogP contribution in [-0.2, 0) is 9.53 Å². The maximum Gasteiger partial charge on any atom is 0.407 e. The van der Waals surface area contributed by atoms with E-state index in [-0.39, 0.29) is 11.9 Å². The Balaban J connectivity index is 2.51. The molecule has 1 aliphatic heterocycles. The van der Waals surface area contributed by atoms with Crippen molar-refractivity contribution in [2.75, 3.05) is 19.7 Å². The van der Waals surface area contributed by atoms with Crippen LogP contribution in [0.2, 0.25) is 0 Å². The second-order valence-corrected chi connectivity index (χ2v) is 5.18. The molecule has 1 unspecified atom stereocenters. The van der Waals surface area contributed by atoms with Crippen LogP contribution in [0.4, 0.5) is 4.79 Å². The highest BCUT2D eigenvalue weighted by molar-refractivity contribution is 5.85. The van der Waals surface area contributed by atoms with Crippen LogP contribution < -0.4 is 11.1 Å². The van der Waals surface area contributed by atoms with Gasteiger partial charge in [0, 0.05) is 19.1 Å². The van der Waals surface area contributed by atoms with Gasteiger partial charge in [0.05, 0.1) is 12.1 Å². The molecule has 0 radical (unpaired) electrons. The highest BCUT2D eigenvalue weighted by atomic mass is 16.5. The summed E-state index contributed by atoms with van der Waals surface area (Å²) in [7, 11) is 0. The van der Waals surface area contributed by atoms with E-state index < -0.39 is 11.6 Å². The first-order valence-electron chi connectivity index (χ1n) is 6.36. The Morgan fingerprint density at radius 1 is 1.50 bits per heavy atom. The summed E-state index contributed by atoms with van der Waals surface area (Å²) < 4.78 is 4.83. The highest BCUT2D eigenvalue weighted by Crippen LogP contribution is 2.14. The van der Waals surface area contributed by atoms with E-state index in [0.717, 1.165) is 12.8 Å². The zero-order chi connectivity index (χ0) is 13.8. The molecule has 0 spiro atoms. The van der Waals surface area contributed by atoms with Crippen molar-refractivity contribution in [2.45, 2.75) is 45.2 Å². The van der Waals surface area contributed by atoms with Crippen molar-refractivity contribution in [1.82, 2.24) is 10.2 Å². The first kappa shape index (κ1) is 14.8. The molecule has 0 aromatic carbocycles. The maximum atomic E-state index is 12.0. The Morgan fingerprint density at radius 2 is 2.17 bits per heavy atom. The summed E-state index contributed by atoms with van der Waals surface area (Å²) in [4.78, 5) is 25.1. The molecule has 6 nitrogen and oxygen atoms in total. The summed E-state index contributed by atoms with van der Waals surface area (Å²) in [5.41, 5.74) is 4.93. The topological polar surface area (TPSA) is 84.7 Å². The first-order chi connectivity index (χ1) is 8.34. The highest BCUT2D eigenvalue weighted by Gasteiger charge is 2.31. The molecule has 1 rings (SSSR count). The van der Waals surface area contributed by atoms with Crippen LogP contribution >= 0.6 is 0 Å². The smallest absolute Gasteiger partial charge is 0.407 e. The number of carbonyl (C=O) groups is 2. The van der Waals surface area contributed by atoms with Crippen LogP contribution in [-0.4, -0.2) is 48.2 Å². The van der Waals surface area contributed by atoms with Crippen LogP contribution in [0.1, 0.15) is 33.6 Å². The van der Waals surface area contributed by atoms with Gasteiger partial charge in [-0.3, -0.25) is 4.79 Å². The summed E-state index contributed by atoms with van der Waals surface area (Å²) in [6.07, 6.45) is 1.29. The van der Waals surface area contributed by atoms with E-state index in [1.807, 2.05) is 0 Å². The number of nitrogens with one attached hydrogen (secondary N) is 1. The van der Waals surface area contributed by atoms with Crippen LogP contribution in [0, 0.1) is 0 Å². The molecule has 0 saturated carbocycles. The quantitative estimate of drug-likeness (QED) is 0.769. The number of carbonyl (C=O) groups excluding carboxylic acids is 2. The third-order valence-electron chi connectivity index (χ3n) is 2.86.